The van der Waals surface area contributed by atoms with E-state index in [4.69, 9.17) is 21.1 Å². The summed E-state index contributed by atoms with van der Waals surface area (Å²) in [6.07, 6.45) is 1.77. The van der Waals surface area contributed by atoms with Crippen molar-refractivity contribution >= 4 is 23.5 Å². The lowest BCUT2D eigenvalue weighted by Crippen LogP contribution is -2.27. The number of hydrogen-bond acceptors (Lipinski definition) is 5. The molecule has 2 atom stereocenters. The third-order valence-corrected chi connectivity index (χ3v) is 5.81. The Morgan fingerprint density at radius 2 is 2.10 bits per heavy atom. The van der Waals surface area contributed by atoms with Gasteiger partial charge in [-0.2, -0.15) is 0 Å². The minimum atomic E-state index is -1.44. The molecule has 2 unspecified atom stereocenters. The van der Waals surface area contributed by atoms with E-state index in [1.54, 1.807) is 43.0 Å². The van der Waals surface area contributed by atoms with Crippen molar-refractivity contribution in [2.75, 3.05) is 13.2 Å². The molecule has 1 aromatic heterocycles. The van der Waals surface area contributed by atoms with Crippen LogP contribution in [0.25, 0.3) is 0 Å². The number of carbonyl (C=O) groups is 2. The largest absolute Gasteiger partial charge is 0.489 e. The van der Waals surface area contributed by atoms with Crippen LogP contribution in [0, 0.1) is 0 Å². The van der Waals surface area contributed by atoms with Gasteiger partial charge in [-0.1, -0.05) is 24.6 Å². The molecule has 0 N–H and O–H groups in total. The number of pyridine rings is 1. The molecule has 31 heavy (non-hydrogen) atoms. The summed E-state index contributed by atoms with van der Waals surface area (Å²) in [5, 5.41) is 0.342. The molecule has 1 aliphatic rings. The molecular weight excluding hydrogens is 423 g/mol. The van der Waals surface area contributed by atoms with Gasteiger partial charge in [0.1, 0.15) is 18.0 Å². The molecule has 0 saturated carbocycles. The summed E-state index contributed by atoms with van der Waals surface area (Å²) in [5.41, 5.74) is 0.522. The zero-order valence-electron chi connectivity index (χ0n) is 18.1. The Morgan fingerprint density at radius 1 is 1.35 bits per heavy atom. The van der Waals surface area contributed by atoms with E-state index in [0.717, 1.165) is 5.56 Å². The molecule has 0 aliphatic carbocycles. The van der Waals surface area contributed by atoms with Crippen molar-refractivity contribution in [2.45, 2.75) is 52.4 Å². The van der Waals surface area contributed by atoms with E-state index in [1.165, 1.54) is 13.1 Å². The first-order valence-electron chi connectivity index (χ1n) is 10.3. The molecule has 0 spiro atoms. The van der Waals surface area contributed by atoms with Gasteiger partial charge >= 0.3 is 5.97 Å². The lowest BCUT2D eigenvalue weighted by atomic mass is 10.1. The van der Waals surface area contributed by atoms with Gasteiger partial charge in [-0.25, -0.2) is 14.2 Å². The number of benzene rings is 1. The Labute approximate surface area is 186 Å². The average molecular weight is 449 g/mol. The van der Waals surface area contributed by atoms with Crippen LogP contribution in [0.15, 0.2) is 30.5 Å². The van der Waals surface area contributed by atoms with Crippen LogP contribution in [0.3, 0.4) is 0 Å². The number of carbonyl (C=O) groups excluding carboxylic acids is 2. The first-order valence-corrected chi connectivity index (χ1v) is 10.6. The SMILES string of the molecule is CCOC(=O)c1nccc2c1CN(C(C)c1ccc(OCC(C)(F)CC)c(Cl)c1)C2=O. The Bertz CT molecular complexity index is 996. The maximum atomic E-state index is 14.1. The lowest BCUT2D eigenvalue weighted by Gasteiger charge is -2.25. The monoisotopic (exact) mass is 448 g/mol. The van der Waals surface area contributed by atoms with Gasteiger partial charge in [-0.3, -0.25) is 4.79 Å². The topological polar surface area (TPSA) is 68.7 Å². The molecule has 1 aliphatic heterocycles. The zero-order chi connectivity index (χ0) is 22.8. The second-order valence-corrected chi connectivity index (χ2v) is 8.17. The fraction of sp³-hybridized carbons (Fsp3) is 0.435. The van der Waals surface area contributed by atoms with E-state index in [0.29, 0.717) is 28.3 Å². The third-order valence-electron chi connectivity index (χ3n) is 5.52. The summed E-state index contributed by atoms with van der Waals surface area (Å²) in [5.74, 6) is -0.346. The molecule has 2 heterocycles. The highest BCUT2D eigenvalue weighted by molar-refractivity contribution is 6.32. The van der Waals surface area contributed by atoms with Gasteiger partial charge in [0.15, 0.2) is 5.69 Å². The molecular formula is C23H26ClFN2O4. The van der Waals surface area contributed by atoms with Gasteiger partial charge in [0, 0.05) is 23.9 Å². The van der Waals surface area contributed by atoms with Crippen molar-refractivity contribution in [1.29, 1.82) is 0 Å². The third kappa shape index (κ3) is 4.82. The van der Waals surface area contributed by atoms with Crippen LogP contribution in [0.1, 0.15) is 72.1 Å². The van der Waals surface area contributed by atoms with Crippen molar-refractivity contribution < 1.29 is 23.5 Å². The minimum absolute atomic E-state index is 0.0956. The number of hydrogen-bond donors (Lipinski definition) is 0. The number of alkyl halides is 1. The van der Waals surface area contributed by atoms with E-state index < -0.39 is 11.6 Å². The number of esters is 1. The number of aromatic nitrogens is 1. The molecule has 0 saturated heterocycles. The fourth-order valence-corrected chi connectivity index (χ4v) is 3.59. The number of ether oxygens (including phenoxy) is 2. The summed E-state index contributed by atoms with van der Waals surface area (Å²) < 4.78 is 24.7. The molecule has 0 fully saturated rings. The highest BCUT2D eigenvalue weighted by Crippen LogP contribution is 2.35. The summed E-state index contributed by atoms with van der Waals surface area (Å²) in [6, 6.07) is 6.49. The second-order valence-electron chi connectivity index (χ2n) is 7.76. The minimum Gasteiger partial charge on any atom is -0.489 e. The predicted octanol–water partition coefficient (Wildman–Crippen LogP) is 5.15. The number of rotatable bonds is 8. The van der Waals surface area contributed by atoms with E-state index >= 15 is 0 Å². The predicted molar refractivity (Wildman–Crippen MR) is 115 cm³/mol. The second kappa shape index (κ2) is 9.22. The van der Waals surface area contributed by atoms with Crippen LogP contribution in [0.4, 0.5) is 4.39 Å². The van der Waals surface area contributed by atoms with E-state index in [-0.39, 0.29) is 37.4 Å². The Kier molecular flexibility index (Phi) is 6.84. The first-order chi connectivity index (χ1) is 14.7. The standard InChI is InChI=1S/C23H26ClFN2O4/c1-5-23(4,25)13-31-19-8-7-15(11-18(19)24)14(3)27-12-17-16(21(27)28)9-10-26-20(17)22(29)30-6-2/h7-11,14H,5-6,12-13H2,1-4H3. The van der Waals surface area contributed by atoms with Crippen LogP contribution in [0.2, 0.25) is 5.02 Å². The van der Waals surface area contributed by atoms with Crippen molar-refractivity contribution in [3.05, 3.63) is 57.9 Å². The Hall–Kier alpha value is -2.67. The van der Waals surface area contributed by atoms with Crippen molar-refractivity contribution in [1.82, 2.24) is 9.88 Å². The number of halogens is 2. The quantitative estimate of drug-likeness (QED) is 0.522. The van der Waals surface area contributed by atoms with Gasteiger partial charge in [0.05, 0.1) is 17.7 Å². The maximum Gasteiger partial charge on any atom is 0.357 e. The normalized spacial score (nSPS) is 15.9. The van der Waals surface area contributed by atoms with Gasteiger partial charge in [-0.05, 0) is 51.0 Å². The maximum absolute atomic E-state index is 14.1. The molecule has 0 bridgehead atoms. The molecule has 2 aromatic rings. The fourth-order valence-electron chi connectivity index (χ4n) is 3.34. The van der Waals surface area contributed by atoms with E-state index in [9.17, 15) is 14.0 Å². The summed E-state index contributed by atoms with van der Waals surface area (Å²) in [4.78, 5) is 31.0. The first kappa shape index (κ1) is 23.0. The summed E-state index contributed by atoms with van der Waals surface area (Å²) in [7, 11) is 0. The van der Waals surface area contributed by atoms with Gasteiger partial charge in [-0.15, -0.1) is 0 Å². The van der Waals surface area contributed by atoms with E-state index in [2.05, 4.69) is 4.98 Å². The molecule has 6 nitrogen and oxygen atoms in total. The Balaban J connectivity index is 1.79. The Morgan fingerprint density at radius 3 is 2.74 bits per heavy atom. The van der Waals surface area contributed by atoms with Gasteiger partial charge in [0.2, 0.25) is 0 Å². The lowest BCUT2D eigenvalue weighted by molar-refractivity contribution is 0.0515. The number of fused-ring (bicyclic) bond motifs is 1. The zero-order valence-corrected chi connectivity index (χ0v) is 18.8. The molecule has 3 rings (SSSR count). The van der Waals surface area contributed by atoms with Crippen LogP contribution in [-0.2, 0) is 11.3 Å². The highest BCUT2D eigenvalue weighted by atomic mass is 35.5. The van der Waals surface area contributed by atoms with Crippen LogP contribution >= 0.6 is 11.6 Å². The van der Waals surface area contributed by atoms with Crippen molar-refractivity contribution in [3.63, 3.8) is 0 Å². The van der Waals surface area contributed by atoms with Gasteiger partial charge < -0.3 is 14.4 Å². The van der Waals surface area contributed by atoms with Crippen LogP contribution < -0.4 is 4.74 Å². The smallest absolute Gasteiger partial charge is 0.357 e. The molecule has 166 valence electrons. The highest BCUT2D eigenvalue weighted by Gasteiger charge is 2.35. The molecule has 1 amide bonds. The van der Waals surface area contributed by atoms with E-state index in [1.807, 2.05) is 6.92 Å². The van der Waals surface area contributed by atoms with Crippen molar-refractivity contribution in [2.24, 2.45) is 0 Å². The summed E-state index contributed by atoms with van der Waals surface area (Å²) >= 11 is 6.36. The van der Waals surface area contributed by atoms with Crippen molar-refractivity contribution in [3.8, 4) is 5.75 Å². The number of amides is 1. The molecule has 0 radical (unpaired) electrons. The molecule has 8 heteroatoms. The van der Waals surface area contributed by atoms with Gasteiger partial charge in [0.25, 0.3) is 5.91 Å². The average Bonchev–Trinajstić information content (AvgIpc) is 3.09. The van der Waals surface area contributed by atoms with Crippen LogP contribution in [0.5, 0.6) is 5.75 Å². The van der Waals surface area contributed by atoms with Crippen LogP contribution in [-0.4, -0.2) is 40.6 Å². The summed E-state index contributed by atoms with van der Waals surface area (Å²) in [6.45, 7) is 7.20. The molecule has 1 aromatic carbocycles. The number of nitrogens with zero attached hydrogens (tertiary/aromatic N) is 2.